The van der Waals surface area contributed by atoms with E-state index in [1.54, 1.807) is 6.07 Å². The topological polar surface area (TPSA) is 84.5 Å². The van der Waals surface area contributed by atoms with Crippen LogP contribution in [0.3, 0.4) is 0 Å². The number of amides is 1. The van der Waals surface area contributed by atoms with Gasteiger partial charge in [0.1, 0.15) is 0 Å². The number of ether oxygens (including phenoxy) is 1. The number of hydrogen-bond donors (Lipinski definition) is 2. The molecule has 0 bridgehead atoms. The molecular weight excluding hydrogens is 396 g/mol. The Hall–Kier alpha value is -0.960. The summed E-state index contributed by atoms with van der Waals surface area (Å²) in [6.45, 7) is 5.27. The SMILES string of the molecule is COCCNS(=O)(=O)c1ccc(Br)c(C(=O)NCCCC(C)C)c1. The molecule has 136 valence electrons. The lowest BCUT2D eigenvalue weighted by Crippen LogP contribution is -2.28. The Labute approximate surface area is 152 Å². The second-order valence-electron chi connectivity index (χ2n) is 5.82. The molecule has 0 aliphatic heterocycles. The van der Waals surface area contributed by atoms with Crippen LogP contribution in [0.25, 0.3) is 0 Å². The van der Waals surface area contributed by atoms with E-state index in [4.69, 9.17) is 4.74 Å². The number of benzene rings is 1. The quantitative estimate of drug-likeness (QED) is 0.569. The Bertz CT molecular complexity index is 647. The minimum Gasteiger partial charge on any atom is -0.383 e. The number of methoxy groups -OCH3 is 1. The zero-order valence-corrected chi connectivity index (χ0v) is 16.7. The molecule has 0 saturated heterocycles. The fraction of sp³-hybridized carbons (Fsp3) is 0.562. The van der Waals surface area contributed by atoms with Gasteiger partial charge >= 0.3 is 0 Å². The molecule has 0 aliphatic rings. The predicted molar refractivity (Wildman–Crippen MR) is 97.6 cm³/mol. The van der Waals surface area contributed by atoms with Crippen molar-refractivity contribution in [2.75, 3.05) is 26.8 Å². The Balaban J connectivity index is 2.80. The highest BCUT2D eigenvalue weighted by atomic mass is 79.9. The number of nitrogens with one attached hydrogen (secondary N) is 2. The molecule has 1 rings (SSSR count). The zero-order chi connectivity index (χ0) is 18.2. The third kappa shape index (κ3) is 6.88. The van der Waals surface area contributed by atoms with Crippen LogP contribution in [0.1, 0.15) is 37.0 Å². The molecule has 0 saturated carbocycles. The normalized spacial score (nSPS) is 11.7. The molecule has 2 N–H and O–H groups in total. The third-order valence-electron chi connectivity index (χ3n) is 3.33. The van der Waals surface area contributed by atoms with Crippen LogP contribution in [-0.4, -0.2) is 41.1 Å². The van der Waals surface area contributed by atoms with E-state index < -0.39 is 10.0 Å². The highest BCUT2D eigenvalue weighted by Gasteiger charge is 2.18. The largest absolute Gasteiger partial charge is 0.383 e. The van der Waals surface area contributed by atoms with Crippen LogP contribution >= 0.6 is 15.9 Å². The van der Waals surface area contributed by atoms with Crippen molar-refractivity contribution < 1.29 is 17.9 Å². The summed E-state index contributed by atoms with van der Waals surface area (Å²) in [6, 6.07) is 4.39. The fourth-order valence-electron chi connectivity index (χ4n) is 2.01. The number of carbonyl (C=O) groups is 1. The van der Waals surface area contributed by atoms with Crippen molar-refractivity contribution in [2.45, 2.75) is 31.6 Å². The first kappa shape index (κ1) is 21.1. The Morgan fingerprint density at radius 2 is 2.00 bits per heavy atom. The maximum absolute atomic E-state index is 12.3. The molecule has 6 nitrogen and oxygen atoms in total. The van der Waals surface area contributed by atoms with Crippen molar-refractivity contribution in [3.8, 4) is 0 Å². The van der Waals surface area contributed by atoms with Crippen molar-refractivity contribution in [2.24, 2.45) is 5.92 Å². The van der Waals surface area contributed by atoms with Gasteiger partial charge in [0.15, 0.2) is 0 Å². The van der Waals surface area contributed by atoms with Gasteiger partial charge in [0, 0.05) is 24.7 Å². The number of halogens is 1. The van der Waals surface area contributed by atoms with Gasteiger partial charge in [-0.25, -0.2) is 13.1 Å². The van der Waals surface area contributed by atoms with Crippen LogP contribution in [-0.2, 0) is 14.8 Å². The smallest absolute Gasteiger partial charge is 0.252 e. The van der Waals surface area contributed by atoms with Crippen LogP contribution in [0, 0.1) is 5.92 Å². The maximum atomic E-state index is 12.3. The van der Waals surface area contributed by atoms with Crippen molar-refractivity contribution in [3.63, 3.8) is 0 Å². The van der Waals surface area contributed by atoms with E-state index in [1.807, 2.05) is 0 Å². The lowest BCUT2D eigenvalue weighted by molar-refractivity contribution is 0.0951. The average Bonchev–Trinajstić information content (AvgIpc) is 2.51. The highest BCUT2D eigenvalue weighted by molar-refractivity contribution is 9.10. The van der Waals surface area contributed by atoms with Crippen molar-refractivity contribution in [3.05, 3.63) is 28.2 Å². The van der Waals surface area contributed by atoms with Gasteiger partial charge in [0.2, 0.25) is 10.0 Å². The van der Waals surface area contributed by atoms with Crippen LogP contribution in [0.15, 0.2) is 27.6 Å². The maximum Gasteiger partial charge on any atom is 0.252 e. The van der Waals surface area contributed by atoms with Crippen molar-refractivity contribution >= 4 is 31.9 Å². The van der Waals surface area contributed by atoms with Crippen molar-refractivity contribution in [1.82, 2.24) is 10.0 Å². The first-order chi connectivity index (χ1) is 11.3. The average molecular weight is 421 g/mol. The summed E-state index contributed by atoms with van der Waals surface area (Å²) in [5.41, 5.74) is 0.300. The summed E-state index contributed by atoms with van der Waals surface area (Å²) in [5.74, 6) is 0.292. The van der Waals surface area contributed by atoms with Gasteiger partial charge in [0.25, 0.3) is 5.91 Å². The lowest BCUT2D eigenvalue weighted by atomic mass is 10.1. The van der Waals surface area contributed by atoms with E-state index in [2.05, 4.69) is 39.8 Å². The van der Waals surface area contributed by atoms with E-state index in [-0.39, 0.29) is 24.0 Å². The predicted octanol–water partition coefficient (Wildman–Crippen LogP) is 2.54. The van der Waals surface area contributed by atoms with E-state index in [0.29, 0.717) is 22.5 Å². The number of sulfonamides is 1. The standard InChI is InChI=1S/C16H25BrN2O4S/c1-12(2)5-4-8-18-16(20)14-11-13(6-7-15(14)17)24(21,22)19-9-10-23-3/h6-7,11-12,19H,4-5,8-10H2,1-3H3,(H,18,20). The molecule has 24 heavy (non-hydrogen) atoms. The summed E-state index contributed by atoms with van der Waals surface area (Å²) in [7, 11) is -2.18. The minimum absolute atomic E-state index is 0.0501. The van der Waals surface area contributed by atoms with Gasteiger partial charge in [-0.2, -0.15) is 0 Å². The molecule has 1 aromatic rings. The van der Waals surface area contributed by atoms with E-state index >= 15 is 0 Å². The van der Waals surface area contributed by atoms with Crippen LogP contribution in [0.5, 0.6) is 0 Å². The molecule has 0 aromatic heterocycles. The molecular formula is C16H25BrN2O4S. The van der Waals surface area contributed by atoms with E-state index in [1.165, 1.54) is 19.2 Å². The molecule has 8 heteroatoms. The molecule has 0 spiro atoms. The number of carbonyl (C=O) groups excluding carboxylic acids is 1. The van der Waals surface area contributed by atoms with E-state index in [9.17, 15) is 13.2 Å². The molecule has 0 radical (unpaired) electrons. The highest BCUT2D eigenvalue weighted by Crippen LogP contribution is 2.21. The number of rotatable bonds is 10. The van der Waals surface area contributed by atoms with Crippen LogP contribution in [0.2, 0.25) is 0 Å². The van der Waals surface area contributed by atoms with Gasteiger partial charge in [-0.1, -0.05) is 13.8 Å². The molecule has 0 atom stereocenters. The molecule has 0 unspecified atom stereocenters. The molecule has 1 aromatic carbocycles. The first-order valence-electron chi connectivity index (χ1n) is 7.84. The fourth-order valence-corrected chi connectivity index (χ4v) is 3.48. The molecule has 0 fully saturated rings. The summed E-state index contributed by atoms with van der Waals surface area (Å²) in [5, 5.41) is 2.82. The van der Waals surface area contributed by atoms with Gasteiger partial charge in [-0.15, -0.1) is 0 Å². The number of hydrogen-bond acceptors (Lipinski definition) is 4. The van der Waals surface area contributed by atoms with Gasteiger partial charge < -0.3 is 10.1 Å². The van der Waals surface area contributed by atoms with Crippen LogP contribution < -0.4 is 10.0 Å². The minimum atomic E-state index is -3.67. The second kappa shape index (κ2) is 10.1. The van der Waals surface area contributed by atoms with E-state index in [0.717, 1.165) is 12.8 Å². The molecule has 0 heterocycles. The van der Waals surface area contributed by atoms with Crippen molar-refractivity contribution in [1.29, 1.82) is 0 Å². The second-order valence-corrected chi connectivity index (χ2v) is 8.45. The summed E-state index contributed by atoms with van der Waals surface area (Å²) < 4.78 is 32.2. The van der Waals surface area contributed by atoms with Gasteiger partial charge in [-0.05, 0) is 52.9 Å². The van der Waals surface area contributed by atoms with Gasteiger partial charge in [0.05, 0.1) is 17.1 Å². The Kier molecular flexibility index (Phi) is 8.90. The van der Waals surface area contributed by atoms with Crippen LogP contribution in [0.4, 0.5) is 0 Å². The monoisotopic (exact) mass is 420 g/mol. The molecule has 0 aliphatic carbocycles. The Morgan fingerprint density at radius 3 is 2.62 bits per heavy atom. The zero-order valence-electron chi connectivity index (χ0n) is 14.3. The summed E-state index contributed by atoms with van der Waals surface area (Å²) in [6.07, 6.45) is 1.91. The first-order valence-corrected chi connectivity index (χ1v) is 10.1. The Morgan fingerprint density at radius 1 is 1.29 bits per heavy atom. The summed E-state index contributed by atoms with van der Waals surface area (Å²) >= 11 is 3.30. The summed E-state index contributed by atoms with van der Waals surface area (Å²) in [4.78, 5) is 12.3. The lowest BCUT2D eigenvalue weighted by Gasteiger charge is -2.11. The third-order valence-corrected chi connectivity index (χ3v) is 5.49. The van der Waals surface area contributed by atoms with Gasteiger partial charge in [-0.3, -0.25) is 4.79 Å². The molecule has 1 amide bonds.